The first-order valence-electron chi connectivity index (χ1n) is 6.57. The molecule has 1 aromatic carbocycles. The van der Waals surface area contributed by atoms with E-state index in [2.05, 4.69) is 10.5 Å². The van der Waals surface area contributed by atoms with E-state index in [1.54, 1.807) is 20.3 Å². The first-order chi connectivity index (χ1) is 9.72. The van der Waals surface area contributed by atoms with Crippen molar-refractivity contribution in [3.05, 3.63) is 29.3 Å². The molecule has 0 saturated carbocycles. The Morgan fingerprint density at radius 3 is 2.80 bits per heavy atom. The number of nitrogens with zero attached hydrogens (tertiary/aromatic N) is 1. The van der Waals surface area contributed by atoms with Crippen molar-refractivity contribution < 1.29 is 14.7 Å². The zero-order valence-corrected chi connectivity index (χ0v) is 12.1. The van der Waals surface area contributed by atoms with Crippen molar-refractivity contribution in [3.8, 4) is 5.75 Å². The van der Waals surface area contributed by atoms with Crippen LogP contribution in [0.3, 0.4) is 0 Å². The fraction of sp³-hybridized carbons (Fsp3) is 0.500. The van der Waals surface area contributed by atoms with Crippen molar-refractivity contribution in [2.75, 3.05) is 27.4 Å². The van der Waals surface area contributed by atoms with Gasteiger partial charge in [-0.2, -0.15) is 0 Å². The second kappa shape index (κ2) is 9.17. The SMILES string of the molecule is COCCCCNCc1ccc(/C(N)=N/O)c(OC)c1. The summed E-state index contributed by atoms with van der Waals surface area (Å²) in [5, 5.41) is 15.0. The molecule has 1 rings (SSSR count). The van der Waals surface area contributed by atoms with Gasteiger partial charge < -0.3 is 25.7 Å². The van der Waals surface area contributed by atoms with Crippen LogP contribution in [0.25, 0.3) is 0 Å². The predicted molar refractivity (Wildman–Crippen MR) is 78.3 cm³/mol. The Morgan fingerprint density at radius 2 is 2.15 bits per heavy atom. The average molecular weight is 281 g/mol. The number of benzene rings is 1. The molecule has 6 heteroatoms. The molecule has 0 saturated heterocycles. The molecular formula is C14H23N3O3. The average Bonchev–Trinajstić information content (AvgIpc) is 2.49. The minimum absolute atomic E-state index is 0.0425. The van der Waals surface area contributed by atoms with Crippen LogP contribution in [-0.4, -0.2) is 38.4 Å². The Kier molecular flexibility index (Phi) is 7.46. The normalized spacial score (nSPS) is 11.6. The predicted octanol–water partition coefficient (Wildman–Crippen LogP) is 1.31. The third-order valence-corrected chi connectivity index (χ3v) is 2.93. The summed E-state index contributed by atoms with van der Waals surface area (Å²) in [5.41, 5.74) is 7.25. The van der Waals surface area contributed by atoms with Gasteiger partial charge in [-0.15, -0.1) is 0 Å². The maximum Gasteiger partial charge on any atom is 0.173 e. The van der Waals surface area contributed by atoms with E-state index < -0.39 is 0 Å². The van der Waals surface area contributed by atoms with E-state index in [0.717, 1.165) is 38.1 Å². The molecule has 0 heterocycles. The summed E-state index contributed by atoms with van der Waals surface area (Å²) in [6.45, 7) is 2.48. The van der Waals surface area contributed by atoms with E-state index >= 15 is 0 Å². The Morgan fingerprint density at radius 1 is 1.35 bits per heavy atom. The number of methoxy groups -OCH3 is 2. The van der Waals surface area contributed by atoms with Gasteiger partial charge in [-0.05, 0) is 37.1 Å². The monoisotopic (exact) mass is 281 g/mol. The zero-order chi connectivity index (χ0) is 14.8. The summed E-state index contributed by atoms with van der Waals surface area (Å²) < 4.78 is 10.2. The largest absolute Gasteiger partial charge is 0.496 e. The summed E-state index contributed by atoms with van der Waals surface area (Å²) in [6.07, 6.45) is 2.13. The van der Waals surface area contributed by atoms with E-state index in [1.807, 2.05) is 12.1 Å². The highest BCUT2D eigenvalue weighted by Crippen LogP contribution is 2.20. The van der Waals surface area contributed by atoms with Gasteiger partial charge in [-0.3, -0.25) is 0 Å². The molecule has 0 aliphatic rings. The van der Waals surface area contributed by atoms with E-state index in [-0.39, 0.29) is 5.84 Å². The molecule has 0 fully saturated rings. The number of oxime groups is 1. The van der Waals surface area contributed by atoms with Crippen LogP contribution in [0.15, 0.2) is 23.4 Å². The van der Waals surface area contributed by atoms with E-state index in [0.29, 0.717) is 11.3 Å². The number of hydrogen-bond acceptors (Lipinski definition) is 5. The fourth-order valence-corrected chi connectivity index (χ4v) is 1.84. The van der Waals surface area contributed by atoms with Gasteiger partial charge in [0.2, 0.25) is 0 Å². The molecule has 0 atom stereocenters. The van der Waals surface area contributed by atoms with Crippen LogP contribution in [0, 0.1) is 0 Å². The summed E-state index contributed by atoms with van der Waals surface area (Å²) in [5.74, 6) is 0.639. The van der Waals surface area contributed by atoms with Crippen LogP contribution >= 0.6 is 0 Å². The number of amidine groups is 1. The molecule has 1 aromatic rings. The lowest BCUT2D eigenvalue weighted by atomic mass is 10.1. The van der Waals surface area contributed by atoms with Crippen molar-refractivity contribution >= 4 is 5.84 Å². The number of nitrogens with two attached hydrogens (primary N) is 1. The van der Waals surface area contributed by atoms with Gasteiger partial charge in [-0.25, -0.2) is 0 Å². The highest BCUT2D eigenvalue weighted by molar-refractivity contribution is 5.99. The molecule has 0 aliphatic carbocycles. The fourth-order valence-electron chi connectivity index (χ4n) is 1.84. The quantitative estimate of drug-likeness (QED) is 0.209. The first-order valence-corrected chi connectivity index (χ1v) is 6.57. The number of unbranched alkanes of at least 4 members (excludes halogenated alkanes) is 1. The molecule has 0 aromatic heterocycles. The van der Waals surface area contributed by atoms with Gasteiger partial charge in [0.15, 0.2) is 5.84 Å². The maximum atomic E-state index is 8.71. The van der Waals surface area contributed by atoms with Gasteiger partial charge in [0.05, 0.1) is 12.7 Å². The molecule has 20 heavy (non-hydrogen) atoms. The van der Waals surface area contributed by atoms with Gasteiger partial charge >= 0.3 is 0 Å². The number of hydrogen-bond donors (Lipinski definition) is 3. The van der Waals surface area contributed by atoms with Crippen molar-refractivity contribution in [2.24, 2.45) is 10.9 Å². The molecule has 6 nitrogen and oxygen atoms in total. The van der Waals surface area contributed by atoms with Crippen LogP contribution in [0.5, 0.6) is 5.75 Å². The van der Waals surface area contributed by atoms with E-state index in [9.17, 15) is 0 Å². The Labute approximate surface area is 119 Å². The highest BCUT2D eigenvalue weighted by Gasteiger charge is 2.08. The van der Waals surface area contributed by atoms with Crippen LogP contribution < -0.4 is 15.8 Å². The second-order valence-electron chi connectivity index (χ2n) is 4.40. The Hall–Kier alpha value is -1.79. The zero-order valence-electron chi connectivity index (χ0n) is 12.1. The number of ether oxygens (including phenoxy) is 2. The molecule has 0 amide bonds. The van der Waals surface area contributed by atoms with E-state index in [1.165, 1.54) is 0 Å². The summed E-state index contributed by atoms with van der Waals surface area (Å²) >= 11 is 0. The van der Waals surface area contributed by atoms with Crippen molar-refractivity contribution in [3.63, 3.8) is 0 Å². The van der Waals surface area contributed by atoms with Crippen LogP contribution in [0.4, 0.5) is 0 Å². The number of rotatable bonds is 9. The summed E-state index contributed by atoms with van der Waals surface area (Å²) in [4.78, 5) is 0. The molecule has 112 valence electrons. The van der Waals surface area contributed by atoms with Crippen LogP contribution in [0.1, 0.15) is 24.0 Å². The summed E-state index contributed by atoms with van der Waals surface area (Å²) in [6, 6.07) is 5.60. The standard InChI is InChI=1S/C14H23N3O3/c1-19-8-4-3-7-16-10-11-5-6-12(14(15)17-18)13(9-11)20-2/h5-6,9,16,18H,3-4,7-8,10H2,1-2H3,(H2,15,17). The molecule has 0 bridgehead atoms. The third kappa shape index (κ3) is 5.07. The lowest BCUT2D eigenvalue weighted by Crippen LogP contribution is -2.17. The Balaban J connectivity index is 2.51. The minimum Gasteiger partial charge on any atom is -0.496 e. The highest BCUT2D eigenvalue weighted by atomic mass is 16.5. The topological polar surface area (TPSA) is 89.1 Å². The molecule has 0 radical (unpaired) electrons. The van der Waals surface area contributed by atoms with Gasteiger partial charge in [0, 0.05) is 20.3 Å². The first kappa shape index (κ1) is 16.3. The van der Waals surface area contributed by atoms with Crippen molar-refractivity contribution in [1.82, 2.24) is 5.32 Å². The van der Waals surface area contributed by atoms with E-state index in [4.69, 9.17) is 20.4 Å². The van der Waals surface area contributed by atoms with Crippen molar-refractivity contribution in [2.45, 2.75) is 19.4 Å². The lowest BCUT2D eigenvalue weighted by Gasteiger charge is -2.10. The van der Waals surface area contributed by atoms with Gasteiger partial charge in [-0.1, -0.05) is 11.2 Å². The molecular weight excluding hydrogens is 258 g/mol. The molecule has 0 spiro atoms. The lowest BCUT2D eigenvalue weighted by molar-refractivity contribution is 0.192. The molecule has 0 aliphatic heterocycles. The third-order valence-electron chi connectivity index (χ3n) is 2.93. The Bertz CT molecular complexity index is 436. The molecule has 4 N–H and O–H groups in total. The van der Waals surface area contributed by atoms with Crippen LogP contribution in [0.2, 0.25) is 0 Å². The van der Waals surface area contributed by atoms with Gasteiger partial charge in [0.1, 0.15) is 5.75 Å². The van der Waals surface area contributed by atoms with Crippen LogP contribution in [-0.2, 0) is 11.3 Å². The number of nitrogens with one attached hydrogen (secondary N) is 1. The second-order valence-corrected chi connectivity index (χ2v) is 4.40. The maximum absolute atomic E-state index is 8.71. The molecule has 0 unspecified atom stereocenters. The smallest absolute Gasteiger partial charge is 0.173 e. The van der Waals surface area contributed by atoms with Gasteiger partial charge in [0.25, 0.3) is 0 Å². The summed E-state index contributed by atoms with van der Waals surface area (Å²) in [7, 11) is 3.27. The minimum atomic E-state index is 0.0425. The van der Waals surface area contributed by atoms with Crippen molar-refractivity contribution in [1.29, 1.82) is 0 Å².